The molecule has 21 heavy (non-hydrogen) atoms. The van der Waals surface area contributed by atoms with Crippen LogP contribution in [0.2, 0.25) is 0 Å². The Kier molecular flexibility index (Phi) is 3.60. The SMILES string of the molecule is COc1ccc(CNc2ccc3ncccc3c2N)cc1. The third-order valence-corrected chi connectivity index (χ3v) is 3.47. The summed E-state index contributed by atoms with van der Waals surface area (Å²) in [5, 5.41) is 4.33. The first-order chi connectivity index (χ1) is 10.3. The Morgan fingerprint density at radius 3 is 2.67 bits per heavy atom. The molecule has 0 atom stereocenters. The maximum absolute atomic E-state index is 6.21. The summed E-state index contributed by atoms with van der Waals surface area (Å²) in [6.45, 7) is 0.708. The molecule has 1 aromatic heterocycles. The molecule has 3 rings (SSSR count). The zero-order valence-corrected chi connectivity index (χ0v) is 11.8. The van der Waals surface area contributed by atoms with Gasteiger partial charge in [0.1, 0.15) is 5.75 Å². The van der Waals surface area contributed by atoms with E-state index in [4.69, 9.17) is 10.5 Å². The minimum Gasteiger partial charge on any atom is -0.497 e. The van der Waals surface area contributed by atoms with Crippen molar-refractivity contribution in [3.8, 4) is 5.75 Å². The summed E-state index contributed by atoms with van der Waals surface area (Å²) in [7, 11) is 1.66. The molecule has 0 unspecified atom stereocenters. The van der Waals surface area contributed by atoms with Crippen LogP contribution in [0.1, 0.15) is 5.56 Å². The van der Waals surface area contributed by atoms with Gasteiger partial charge in [0.15, 0.2) is 0 Å². The van der Waals surface area contributed by atoms with E-state index in [1.54, 1.807) is 13.3 Å². The summed E-state index contributed by atoms with van der Waals surface area (Å²) in [5.41, 5.74) is 9.93. The van der Waals surface area contributed by atoms with Gasteiger partial charge in [0.2, 0.25) is 0 Å². The normalized spacial score (nSPS) is 10.5. The van der Waals surface area contributed by atoms with E-state index >= 15 is 0 Å². The number of nitrogens with two attached hydrogens (primary N) is 1. The van der Waals surface area contributed by atoms with Crippen molar-refractivity contribution < 1.29 is 4.74 Å². The number of hydrogen-bond acceptors (Lipinski definition) is 4. The molecule has 0 saturated carbocycles. The molecule has 0 aliphatic rings. The van der Waals surface area contributed by atoms with Crippen molar-refractivity contribution in [3.05, 3.63) is 60.3 Å². The van der Waals surface area contributed by atoms with E-state index in [1.807, 2.05) is 48.5 Å². The number of aromatic nitrogens is 1. The second kappa shape index (κ2) is 5.71. The smallest absolute Gasteiger partial charge is 0.118 e. The molecule has 0 amide bonds. The maximum atomic E-state index is 6.21. The Morgan fingerprint density at radius 2 is 1.90 bits per heavy atom. The number of benzene rings is 2. The molecule has 0 bridgehead atoms. The average Bonchev–Trinajstić information content (AvgIpc) is 2.55. The lowest BCUT2D eigenvalue weighted by Gasteiger charge is -2.11. The van der Waals surface area contributed by atoms with Crippen LogP contribution in [0.4, 0.5) is 11.4 Å². The molecule has 0 aliphatic carbocycles. The molecule has 2 aromatic carbocycles. The largest absolute Gasteiger partial charge is 0.497 e. The van der Waals surface area contributed by atoms with Crippen LogP contribution in [0, 0.1) is 0 Å². The Bertz CT molecular complexity index is 754. The fraction of sp³-hybridized carbons (Fsp3) is 0.118. The van der Waals surface area contributed by atoms with Crippen LogP contribution >= 0.6 is 0 Å². The maximum Gasteiger partial charge on any atom is 0.118 e. The molecule has 3 N–H and O–H groups in total. The summed E-state index contributed by atoms with van der Waals surface area (Å²) in [4.78, 5) is 4.30. The van der Waals surface area contributed by atoms with E-state index in [9.17, 15) is 0 Å². The van der Waals surface area contributed by atoms with Crippen molar-refractivity contribution in [2.45, 2.75) is 6.54 Å². The topological polar surface area (TPSA) is 60.2 Å². The van der Waals surface area contributed by atoms with E-state index in [1.165, 1.54) is 5.56 Å². The molecule has 0 radical (unpaired) electrons. The molecule has 4 heteroatoms. The van der Waals surface area contributed by atoms with Crippen LogP contribution in [0.25, 0.3) is 10.9 Å². The predicted molar refractivity (Wildman–Crippen MR) is 86.5 cm³/mol. The summed E-state index contributed by atoms with van der Waals surface area (Å²) >= 11 is 0. The predicted octanol–water partition coefficient (Wildman–Crippen LogP) is 3.44. The van der Waals surface area contributed by atoms with Gasteiger partial charge in [-0.1, -0.05) is 12.1 Å². The first-order valence-electron chi connectivity index (χ1n) is 6.78. The van der Waals surface area contributed by atoms with Crippen LogP contribution in [-0.4, -0.2) is 12.1 Å². The number of nitrogen functional groups attached to an aromatic ring is 1. The highest BCUT2D eigenvalue weighted by Gasteiger charge is 2.04. The number of ether oxygens (including phenoxy) is 1. The Labute approximate surface area is 123 Å². The second-order valence-electron chi connectivity index (χ2n) is 4.80. The molecule has 0 fully saturated rings. The molecular formula is C17H17N3O. The fourth-order valence-corrected chi connectivity index (χ4v) is 2.27. The molecule has 0 aliphatic heterocycles. The standard InChI is InChI=1S/C17H17N3O/c1-21-13-6-4-12(5-7-13)11-20-16-9-8-15-14(17(16)18)3-2-10-19-15/h2-10,20H,11,18H2,1H3. The molecule has 1 heterocycles. The quantitative estimate of drug-likeness (QED) is 0.718. The number of hydrogen-bond donors (Lipinski definition) is 2. The Hall–Kier alpha value is -2.75. The number of fused-ring (bicyclic) bond motifs is 1. The van der Waals surface area contributed by atoms with Crippen molar-refractivity contribution in [2.75, 3.05) is 18.2 Å². The Morgan fingerprint density at radius 1 is 1.10 bits per heavy atom. The average molecular weight is 279 g/mol. The lowest BCUT2D eigenvalue weighted by atomic mass is 10.1. The minimum absolute atomic E-state index is 0.708. The van der Waals surface area contributed by atoms with Crippen molar-refractivity contribution in [3.63, 3.8) is 0 Å². The van der Waals surface area contributed by atoms with Crippen molar-refractivity contribution in [1.29, 1.82) is 0 Å². The van der Waals surface area contributed by atoms with Gasteiger partial charge in [-0.3, -0.25) is 4.98 Å². The number of methoxy groups -OCH3 is 1. The van der Waals surface area contributed by atoms with Crippen molar-refractivity contribution in [1.82, 2.24) is 4.98 Å². The minimum atomic E-state index is 0.708. The van der Waals surface area contributed by atoms with E-state index in [0.717, 1.165) is 28.0 Å². The monoisotopic (exact) mass is 279 g/mol. The van der Waals surface area contributed by atoms with E-state index in [0.29, 0.717) is 6.54 Å². The van der Waals surface area contributed by atoms with Gasteiger partial charge in [-0.2, -0.15) is 0 Å². The van der Waals surface area contributed by atoms with Crippen LogP contribution in [-0.2, 0) is 6.54 Å². The first kappa shape index (κ1) is 13.2. The number of rotatable bonds is 4. The lowest BCUT2D eigenvalue weighted by Crippen LogP contribution is -2.03. The molecule has 4 nitrogen and oxygen atoms in total. The summed E-state index contributed by atoms with van der Waals surface area (Å²) < 4.78 is 5.15. The third kappa shape index (κ3) is 2.74. The third-order valence-electron chi connectivity index (χ3n) is 3.47. The lowest BCUT2D eigenvalue weighted by molar-refractivity contribution is 0.414. The first-order valence-corrected chi connectivity index (χ1v) is 6.78. The molecule has 0 saturated heterocycles. The van der Waals surface area contributed by atoms with Gasteiger partial charge in [0, 0.05) is 18.1 Å². The molecule has 106 valence electrons. The highest BCUT2D eigenvalue weighted by molar-refractivity contribution is 5.96. The highest BCUT2D eigenvalue weighted by Crippen LogP contribution is 2.27. The molecule has 3 aromatic rings. The molecule has 0 spiro atoms. The van der Waals surface area contributed by atoms with Gasteiger partial charge in [0.25, 0.3) is 0 Å². The van der Waals surface area contributed by atoms with Gasteiger partial charge in [-0.25, -0.2) is 0 Å². The fourth-order valence-electron chi connectivity index (χ4n) is 2.27. The zero-order valence-electron chi connectivity index (χ0n) is 11.8. The van der Waals surface area contributed by atoms with Gasteiger partial charge in [-0.15, -0.1) is 0 Å². The Balaban J connectivity index is 1.79. The van der Waals surface area contributed by atoms with Crippen LogP contribution in [0.5, 0.6) is 5.75 Å². The van der Waals surface area contributed by atoms with Gasteiger partial charge < -0.3 is 15.8 Å². The number of nitrogens with zero attached hydrogens (tertiary/aromatic N) is 1. The summed E-state index contributed by atoms with van der Waals surface area (Å²) in [6.07, 6.45) is 1.77. The zero-order chi connectivity index (χ0) is 14.7. The second-order valence-corrected chi connectivity index (χ2v) is 4.80. The van der Waals surface area contributed by atoms with Crippen LogP contribution in [0.3, 0.4) is 0 Å². The molecular weight excluding hydrogens is 262 g/mol. The van der Waals surface area contributed by atoms with Gasteiger partial charge in [-0.05, 0) is 42.0 Å². The van der Waals surface area contributed by atoms with Crippen LogP contribution < -0.4 is 15.8 Å². The van der Waals surface area contributed by atoms with E-state index in [2.05, 4.69) is 10.3 Å². The van der Waals surface area contributed by atoms with Gasteiger partial charge >= 0.3 is 0 Å². The summed E-state index contributed by atoms with van der Waals surface area (Å²) in [6, 6.07) is 15.8. The van der Waals surface area contributed by atoms with Crippen LogP contribution in [0.15, 0.2) is 54.7 Å². The number of pyridine rings is 1. The number of nitrogens with one attached hydrogen (secondary N) is 1. The van der Waals surface area contributed by atoms with E-state index in [-0.39, 0.29) is 0 Å². The van der Waals surface area contributed by atoms with Gasteiger partial charge in [0.05, 0.1) is 24.0 Å². The summed E-state index contributed by atoms with van der Waals surface area (Å²) in [5.74, 6) is 0.857. The number of anilines is 2. The highest BCUT2D eigenvalue weighted by atomic mass is 16.5. The van der Waals surface area contributed by atoms with Crippen molar-refractivity contribution in [2.24, 2.45) is 0 Å². The van der Waals surface area contributed by atoms with Crippen molar-refractivity contribution >= 4 is 22.3 Å². The van der Waals surface area contributed by atoms with E-state index < -0.39 is 0 Å².